The average molecular weight is 271 g/mol. The topological polar surface area (TPSA) is 43.8 Å². The molecule has 108 valence electrons. The Kier molecular flexibility index (Phi) is 4.06. The molecule has 0 saturated heterocycles. The molecule has 2 N–H and O–H groups in total. The van der Waals surface area contributed by atoms with Crippen molar-refractivity contribution in [1.29, 1.82) is 0 Å². The number of rotatable bonds is 3. The molecule has 1 saturated carbocycles. The fourth-order valence-corrected chi connectivity index (χ4v) is 3.50. The number of benzene rings is 1. The summed E-state index contributed by atoms with van der Waals surface area (Å²) in [4.78, 5) is 4.85. The van der Waals surface area contributed by atoms with Gasteiger partial charge in [0.05, 0.1) is 17.1 Å². The summed E-state index contributed by atoms with van der Waals surface area (Å²) in [6, 6.07) is 9.19. The van der Waals surface area contributed by atoms with Crippen molar-refractivity contribution in [3.63, 3.8) is 0 Å². The van der Waals surface area contributed by atoms with Crippen LogP contribution in [0.3, 0.4) is 0 Å². The maximum Gasteiger partial charge on any atom is 0.110 e. The number of fused-ring (bicyclic) bond motifs is 1. The predicted molar refractivity (Wildman–Crippen MR) is 83.8 cm³/mol. The van der Waals surface area contributed by atoms with Crippen LogP contribution in [-0.2, 0) is 6.42 Å². The molecule has 0 amide bonds. The van der Waals surface area contributed by atoms with E-state index in [0.29, 0.717) is 6.04 Å². The van der Waals surface area contributed by atoms with Gasteiger partial charge in [-0.05, 0) is 31.4 Å². The second-order valence-corrected chi connectivity index (χ2v) is 6.01. The van der Waals surface area contributed by atoms with Gasteiger partial charge in [0.25, 0.3) is 0 Å². The van der Waals surface area contributed by atoms with Gasteiger partial charge in [-0.2, -0.15) is 0 Å². The van der Waals surface area contributed by atoms with E-state index in [4.69, 9.17) is 10.7 Å². The molecule has 1 aromatic heterocycles. The third-order valence-electron chi connectivity index (χ3n) is 4.51. The molecule has 1 aliphatic rings. The van der Waals surface area contributed by atoms with Crippen LogP contribution in [0.25, 0.3) is 11.0 Å². The number of aromatic nitrogens is 2. The van der Waals surface area contributed by atoms with Crippen LogP contribution in [0.2, 0.25) is 0 Å². The highest BCUT2D eigenvalue weighted by molar-refractivity contribution is 5.76. The van der Waals surface area contributed by atoms with E-state index in [9.17, 15) is 0 Å². The Hall–Kier alpha value is -1.35. The van der Waals surface area contributed by atoms with Crippen molar-refractivity contribution >= 4 is 11.0 Å². The summed E-state index contributed by atoms with van der Waals surface area (Å²) < 4.78 is 2.45. The van der Waals surface area contributed by atoms with Gasteiger partial charge in [0.1, 0.15) is 5.82 Å². The first-order valence-electron chi connectivity index (χ1n) is 8.02. The Labute approximate surface area is 121 Å². The van der Waals surface area contributed by atoms with Gasteiger partial charge in [-0.25, -0.2) is 4.98 Å². The minimum atomic E-state index is 0.269. The van der Waals surface area contributed by atoms with E-state index >= 15 is 0 Å². The Morgan fingerprint density at radius 2 is 2.00 bits per heavy atom. The van der Waals surface area contributed by atoms with E-state index in [1.165, 1.54) is 37.0 Å². The fraction of sp³-hybridized carbons (Fsp3) is 0.588. The Morgan fingerprint density at radius 1 is 1.20 bits per heavy atom. The molecular weight excluding hydrogens is 246 g/mol. The van der Waals surface area contributed by atoms with Crippen LogP contribution in [-0.4, -0.2) is 15.6 Å². The molecule has 0 radical (unpaired) electrons. The van der Waals surface area contributed by atoms with E-state index in [1.54, 1.807) is 0 Å². The molecule has 3 heteroatoms. The van der Waals surface area contributed by atoms with Gasteiger partial charge < -0.3 is 10.3 Å². The number of para-hydroxylation sites is 2. The predicted octanol–water partition coefficient (Wildman–Crippen LogP) is 3.82. The lowest BCUT2D eigenvalue weighted by atomic mass is 10.0. The van der Waals surface area contributed by atoms with Crippen molar-refractivity contribution in [1.82, 2.24) is 9.55 Å². The lowest BCUT2D eigenvalue weighted by Crippen LogP contribution is -2.32. The van der Waals surface area contributed by atoms with E-state index in [1.807, 2.05) is 0 Å². The lowest BCUT2D eigenvalue weighted by Gasteiger charge is -2.25. The molecular formula is C17H25N3. The van der Waals surface area contributed by atoms with Gasteiger partial charge in [0, 0.05) is 12.5 Å². The smallest absolute Gasteiger partial charge is 0.110 e. The summed E-state index contributed by atoms with van der Waals surface area (Å²) >= 11 is 0. The Bertz CT molecular complexity index is 573. The van der Waals surface area contributed by atoms with Crippen LogP contribution in [0.15, 0.2) is 24.3 Å². The third kappa shape index (κ3) is 2.47. The van der Waals surface area contributed by atoms with Gasteiger partial charge in [0.15, 0.2) is 0 Å². The van der Waals surface area contributed by atoms with Crippen molar-refractivity contribution < 1.29 is 0 Å². The molecule has 3 nitrogen and oxygen atoms in total. The van der Waals surface area contributed by atoms with Crippen LogP contribution in [0, 0.1) is 0 Å². The zero-order chi connectivity index (χ0) is 13.9. The van der Waals surface area contributed by atoms with Gasteiger partial charge in [-0.15, -0.1) is 0 Å². The second kappa shape index (κ2) is 5.96. The first-order chi connectivity index (χ1) is 9.81. The number of hydrogen-bond donors (Lipinski definition) is 1. The van der Waals surface area contributed by atoms with E-state index in [0.717, 1.165) is 24.8 Å². The molecule has 0 bridgehead atoms. The Balaban J connectivity index is 2.09. The van der Waals surface area contributed by atoms with Crippen molar-refractivity contribution in [2.24, 2.45) is 5.73 Å². The summed E-state index contributed by atoms with van der Waals surface area (Å²) in [6.45, 7) is 2.22. The van der Waals surface area contributed by atoms with Crippen molar-refractivity contribution in [2.45, 2.75) is 64.0 Å². The molecule has 2 atom stereocenters. The second-order valence-electron chi connectivity index (χ2n) is 6.01. The fourth-order valence-electron chi connectivity index (χ4n) is 3.50. The Morgan fingerprint density at radius 3 is 2.85 bits per heavy atom. The maximum atomic E-state index is 6.48. The highest BCUT2D eigenvalue weighted by Gasteiger charge is 2.25. The molecule has 1 aromatic carbocycles. The van der Waals surface area contributed by atoms with Crippen molar-refractivity contribution in [3.8, 4) is 0 Å². The molecule has 1 aliphatic carbocycles. The van der Waals surface area contributed by atoms with E-state index in [-0.39, 0.29) is 6.04 Å². The van der Waals surface area contributed by atoms with Crippen LogP contribution >= 0.6 is 0 Å². The maximum absolute atomic E-state index is 6.48. The minimum absolute atomic E-state index is 0.269. The highest BCUT2D eigenvalue weighted by atomic mass is 15.1. The zero-order valence-corrected chi connectivity index (χ0v) is 12.4. The third-order valence-corrected chi connectivity index (χ3v) is 4.51. The molecule has 2 unspecified atom stereocenters. The zero-order valence-electron chi connectivity index (χ0n) is 12.4. The first-order valence-corrected chi connectivity index (χ1v) is 8.02. The van der Waals surface area contributed by atoms with E-state index < -0.39 is 0 Å². The van der Waals surface area contributed by atoms with Gasteiger partial charge in [-0.3, -0.25) is 0 Å². The largest absolute Gasteiger partial charge is 0.326 e. The normalized spacial score (nSPS) is 23.9. The molecule has 1 heterocycles. The molecule has 0 spiro atoms. The summed E-state index contributed by atoms with van der Waals surface area (Å²) in [5.74, 6) is 1.22. The monoisotopic (exact) mass is 271 g/mol. The van der Waals surface area contributed by atoms with Crippen molar-refractivity contribution in [3.05, 3.63) is 30.1 Å². The molecule has 0 aliphatic heterocycles. The van der Waals surface area contributed by atoms with Crippen LogP contribution in [0.1, 0.15) is 57.3 Å². The van der Waals surface area contributed by atoms with Crippen LogP contribution in [0.4, 0.5) is 0 Å². The van der Waals surface area contributed by atoms with Crippen LogP contribution in [0.5, 0.6) is 0 Å². The number of hydrogen-bond acceptors (Lipinski definition) is 2. The summed E-state index contributed by atoms with van der Waals surface area (Å²) in [5.41, 5.74) is 8.86. The average Bonchev–Trinajstić information content (AvgIpc) is 2.67. The van der Waals surface area contributed by atoms with E-state index in [2.05, 4.69) is 35.8 Å². The van der Waals surface area contributed by atoms with Crippen LogP contribution < -0.4 is 5.73 Å². The highest BCUT2D eigenvalue weighted by Crippen LogP contribution is 2.31. The number of imidazole rings is 1. The van der Waals surface area contributed by atoms with Gasteiger partial charge in [-0.1, -0.05) is 38.3 Å². The quantitative estimate of drug-likeness (QED) is 0.862. The number of nitrogens with zero attached hydrogens (tertiary/aromatic N) is 2. The summed E-state index contributed by atoms with van der Waals surface area (Å²) in [6.07, 6.45) is 8.38. The standard InChI is InChI=1S/C17H25N3/c1-2-8-17-19-14-10-6-7-12-16(14)20(17)15-11-5-3-4-9-13(15)18/h6-7,10,12-13,15H,2-5,8-9,11,18H2,1H3. The van der Waals surface area contributed by atoms with Crippen molar-refractivity contribution in [2.75, 3.05) is 0 Å². The summed E-state index contributed by atoms with van der Waals surface area (Å²) in [7, 11) is 0. The minimum Gasteiger partial charge on any atom is -0.326 e. The molecule has 20 heavy (non-hydrogen) atoms. The molecule has 2 aromatic rings. The lowest BCUT2D eigenvalue weighted by molar-refractivity contribution is 0.386. The molecule has 3 rings (SSSR count). The van der Waals surface area contributed by atoms with Gasteiger partial charge in [0.2, 0.25) is 0 Å². The van der Waals surface area contributed by atoms with Gasteiger partial charge >= 0.3 is 0 Å². The number of nitrogens with two attached hydrogens (primary N) is 1. The molecule has 1 fully saturated rings. The summed E-state index contributed by atoms with van der Waals surface area (Å²) in [5, 5.41) is 0. The SMILES string of the molecule is CCCc1nc2ccccc2n1C1CCCCCC1N. The number of aryl methyl sites for hydroxylation is 1. The first kappa shape index (κ1) is 13.6.